The number of carboxylic acid groups (broad SMARTS) is 1. The Morgan fingerprint density at radius 2 is 1.91 bits per heavy atom. The molecule has 2 saturated carbocycles. The molecule has 8 heteroatoms. The number of nitrogens with zero attached hydrogens (tertiary/aromatic N) is 2. The van der Waals surface area contributed by atoms with Crippen LogP contribution in [0.1, 0.15) is 31.4 Å². The Hall–Kier alpha value is -3.52. The van der Waals surface area contributed by atoms with E-state index in [4.69, 9.17) is 9.72 Å². The van der Waals surface area contributed by atoms with E-state index in [0.717, 1.165) is 32.8 Å². The van der Waals surface area contributed by atoms with E-state index in [1.54, 1.807) is 18.3 Å². The number of aromatic amines is 1. The van der Waals surface area contributed by atoms with Gasteiger partial charge in [-0.15, -0.1) is 0 Å². The lowest BCUT2D eigenvalue weighted by Gasteiger charge is -2.32. The number of nitrogens with one attached hydrogen (secondary N) is 1. The fourth-order valence-corrected chi connectivity index (χ4v) is 4.43. The summed E-state index contributed by atoms with van der Waals surface area (Å²) in [6, 6.07) is 10.0. The van der Waals surface area contributed by atoms with E-state index >= 15 is 0 Å². The molecule has 0 amide bonds. The molecule has 0 radical (unpaired) electrons. The summed E-state index contributed by atoms with van der Waals surface area (Å²) in [6.07, 6.45) is 3.48. The van der Waals surface area contributed by atoms with Gasteiger partial charge >= 0.3 is 5.97 Å². The molecular formula is C24H20FN3O4. The van der Waals surface area contributed by atoms with Crippen molar-refractivity contribution >= 4 is 27.6 Å². The monoisotopic (exact) mass is 433 g/mol. The van der Waals surface area contributed by atoms with Crippen LogP contribution in [-0.2, 0) is 10.4 Å². The molecule has 162 valence electrons. The highest BCUT2D eigenvalue weighted by Gasteiger charge is 2.46. The molecule has 0 saturated heterocycles. The predicted octanol–water partition coefficient (Wildman–Crippen LogP) is 4.14. The molecular weight excluding hydrogens is 413 g/mol. The zero-order valence-corrected chi connectivity index (χ0v) is 17.0. The van der Waals surface area contributed by atoms with Crippen molar-refractivity contribution in [3.05, 3.63) is 54.1 Å². The summed E-state index contributed by atoms with van der Waals surface area (Å²) in [5.41, 5.74) is 1.74. The number of carbonyl (C=O) groups is 1. The van der Waals surface area contributed by atoms with Gasteiger partial charge in [-0.2, -0.15) is 5.10 Å². The highest BCUT2D eigenvalue weighted by atomic mass is 19.1. The topological polar surface area (TPSA) is 108 Å². The number of carboxylic acids is 1. The van der Waals surface area contributed by atoms with Gasteiger partial charge in [0, 0.05) is 16.3 Å². The van der Waals surface area contributed by atoms with Crippen molar-refractivity contribution in [1.29, 1.82) is 0 Å². The number of halogens is 1. The molecule has 2 aliphatic rings. The second kappa shape index (κ2) is 6.74. The Morgan fingerprint density at radius 1 is 1.16 bits per heavy atom. The molecule has 0 atom stereocenters. The molecule has 2 fully saturated rings. The van der Waals surface area contributed by atoms with Crippen LogP contribution < -0.4 is 4.74 Å². The molecule has 0 spiro atoms. The average molecular weight is 433 g/mol. The molecule has 2 aromatic carbocycles. The number of pyridine rings is 1. The molecule has 0 unspecified atom stereocenters. The van der Waals surface area contributed by atoms with Crippen LogP contribution in [0.2, 0.25) is 0 Å². The maximum atomic E-state index is 13.6. The van der Waals surface area contributed by atoms with E-state index in [9.17, 15) is 19.4 Å². The highest BCUT2D eigenvalue weighted by molar-refractivity contribution is 6.06. The lowest BCUT2D eigenvalue weighted by Crippen LogP contribution is -2.38. The molecule has 0 aliphatic heterocycles. The summed E-state index contributed by atoms with van der Waals surface area (Å²) < 4.78 is 19.8. The predicted molar refractivity (Wildman–Crippen MR) is 115 cm³/mol. The van der Waals surface area contributed by atoms with Crippen LogP contribution in [0.4, 0.5) is 4.39 Å². The summed E-state index contributed by atoms with van der Waals surface area (Å²) in [5.74, 6) is -1.20. The lowest BCUT2D eigenvalue weighted by atomic mass is 9.82. The Balaban J connectivity index is 1.57. The van der Waals surface area contributed by atoms with Crippen LogP contribution in [-0.4, -0.2) is 37.5 Å². The summed E-state index contributed by atoms with van der Waals surface area (Å²) in [7, 11) is 0. The zero-order valence-electron chi connectivity index (χ0n) is 17.0. The van der Waals surface area contributed by atoms with Gasteiger partial charge in [0.15, 0.2) is 0 Å². The third kappa shape index (κ3) is 3.02. The third-order valence-corrected chi connectivity index (χ3v) is 6.55. The summed E-state index contributed by atoms with van der Waals surface area (Å²) in [4.78, 5) is 16.0. The number of aliphatic carboxylic acids is 1. The Bertz CT molecular complexity index is 1370. The van der Waals surface area contributed by atoms with Crippen LogP contribution in [0.15, 0.2) is 42.6 Å². The van der Waals surface area contributed by atoms with E-state index in [0.29, 0.717) is 37.3 Å². The van der Waals surface area contributed by atoms with Crippen molar-refractivity contribution in [2.75, 3.05) is 0 Å². The first kappa shape index (κ1) is 19.2. The number of rotatable bonds is 5. The Morgan fingerprint density at radius 3 is 2.59 bits per heavy atom. The van der Waals surface area contributed by atoms with Gasteiger partial charge in [0.25, 0.3) is 0 Å². The summed E-state index contributed by atoms with van der Waals surface area (Å²) in [5, 5.41) is 29.8. The normalized spacial score (nSPS) is 21.4. The zero-order chi connectivity index (χ0) is 22.0. The SMILES string of the molecule is O=C(O)C1CC(Oc2nc(C3(O)CC3)c(-c3ccc(F)cc3)c3cc4cn[nH]c4cc23)C1. The first-order valence-electron chi connectivity index (χ1n) is 10.6. The van der Waals surface area contributed by atoms with Gasteiger partial charge in [-0.25, -0.2) is 9.37 Å². The molecule has 4 aromatic rings. The van der Waals surface area contributed by atoms with E-state index in [2.05, 4.69) is 10.2 Å². The van der Waals surface area contributed by atoms with Crippen molar-refractivity contribution in [3.8, 4) is 17.0 Å². The first-order valence-corrected chi connectivity index (χ1v) is 10.6. The number of benzene rings is 2. The Labute approximate surface area is 181 Å². The number of ether oxygens (including phenoxy) is 1. The van der Waals surface area contributed by atoms with E-state index in [1.165, 1.54) is 12.1 Å². The molecule has 6 rings (SSSR count). The standard InChI is InChI=1S/C24H20FN3O4/c25-15-3-1-12(2-4-15)20-17-9-14-11-26-28-19(14)10-18(17)22(27-21(20)24(31)5-6-24)32-16-7-13(8-16)23(29)30/h1-4,9-11,13,16,31H,5-8H2,(H,26,28)(H,29,30). The number of fused-ring (bicyclic) bond motifs is 2. The third-order valence-electron chi connectivity index (χ3n) is 6.55. The number of hydrogen-bond donors (Lipinski definition) is 3. The van der Waals surface area contributed by atoms with Crippen LogP contribution in [0.5, 0.6) is 5.88 Å². The van der Waals surface area contributed by atoms with Gasteiger partial charge < -0.3 is 14.9 Å². The smallest absolute Gasteiger partial charge is 0.306 e. The van der Waals surface area contributed by atoms with Crippen LogP contribution >= 0.6 is 0 Å². The minimum absolute atomic E-state index is 0.248. The first-order chi connectivity index (χ1) is 15.4. The van der Waals surface area contributed by atoms with Crippen molar-refractivity contribution in [1.82, 2.24) is 15.2 Å². The number of H-pyrrole nitrogens is 1. The van der Waals surface area contributed by atoms with Crippen LogP contribution in [0, 0.1) is 11.7 Å². The second-order valence-corrected chi connectivity index (χ2v) is 8.78. The summed E-state index contributed by atoms with van der Waals surface area (Å²) in [6.45, 7) is 0. The average Bonchev–Trinajstić information content (AvgIpc) is 3.32. The second-order valence-electron chi connectivity index (χ2n) is 8.78. The van der Waals surface area contributed by atoms with Crippen LogP contribution in [0.25, 0.3) is 32.8 Å². The molecule has 32 heavy (non-hydrogen) atoms. The maximum Gasteiger partial charge on any atom is 0.306 e. The minimum Gasteiger partial charge on any atom is -0.481 e. The number of hydrogen-bond acceptors (Lipinski definition) is 5. The van der Waals surface area contributed by atoms with E-state index < -0.39 is 17.5 Å². The van der Waals surface area contributed by atoms with Gasteiger partial charge in [0.05, 0.1) is 23.3 Å². The van der Waals surface area contributed by atoms with Gasteiger partial charge in [-0.05, 0) is 60.9 Å². The molecule has 2 aromatic heterocycles. The van der Waals surface area contributed by atoms with E-state index in [-0.39, 0.29) is 11.9 Å². The van der Waals surface area contributed by atoms with Crippen LogP contribution in [0.3, 0.4) is 0 Å². The molecule has 3 N–H and O–H groups in total. The van der Waals surface area contributed by atoms with Crippen molar-refractivity contribution in [2.24, 2.45) is 5.92 Å². The van der Waals surface area contributed by atoms with Gasteiger partial charge in [-0.3, -0.25) is 9.89 Å². The molecule has 2 heterocycles. The maximum absolute atomic E-state index is 13.6. The summed E-state index contributed by atoms with van der Waals surface area (Å²) >= 11 is 0. The van der Waals surface area contributed by atoms with E-state index in [1.807, 2.05) is 12.1 Å². The number of aliphatic hydroxyl groups is 1. The van der Waals surface area contributed by atoms with Gasteiger partial charge in [-0.1, -0.05) is 12.1 Å². The number of aromatic nitrogens is 3. The molecule has 7 nitrogen and oxygen atoms in total. The largest absolute Gasteiger partial charge is 0.481 e. The lowest BCUT2D eigenvalue weighted by molar-refractivity contribution is -0.148. The molecule has 0 bridgehead atoms. The van der Waals surface area contributed by atoms with Crippen molar-refractivity contribution in [2.45, 2.75) is 37.4 Å². The van der Waals surface area contributed by atoms with Gasteiger partial charge in [0.2, 0.25) is 5.88 Å². The quantitative estimate of drug-likeness (QED) is 0.437. The minimum atomic E-state index is -1.06. The Kier molecular flexibility index (Phi) is 4.04. The van der Waals surface area contributed by atoms with Crippen molar-refractivity contribution < 1.29 is 24.1 Å². The fourth-order valence-electron chi connectivity index (χ4n) is 4.43. The van der Waals surface area contributed by atoms with Gasteiger partial charge in [0.1, 0.15) is 17.5 Å². The molecule has 2 aliphatic carbocycles. The van der Waals surface area contributed by atoms with Crippen molar-refractivity contribution in [3.63, 3.8) is 0 Å². The highest BCUT2D eigenvalue weighted by Crippen LogP contribution is 2.51. The fraction of sp³-hybridized carbons (Fsp3) is 0.292.